The highest BCUT2D eigenvalue weighted by Crippen LogP contribution is 2.17. The van der Waals surface area contributed by atoms with E-state index in [1.807, 2.05) is 0 Å². The Hall–Kier alpha value is -2.11. The second-order valence-electron chi connectivity index (χ2n) is 4.66. The van der Waals surface area contributed by atoms with E-state index in [0.717, 1.165) is 18.9 Å². The van der Waals surface area contributed by atoms with Gasteiger partial charge in [-0.05, 0) is 18.6 Å². The van der Waals surface area contributed by atoms with E-state index >= 15 is 0 Å². The number of amides is 1. The molecule has 0 aromatic carbocycles. The molecule has 1 aromatic heterocycles. The Morgan fingerprint density at radius 3 is 2.37 bits per heavy atom. The molecule has 1 aromatic rings. The van der Waals surface area contributed by atoms with E-state index in [9.17, 15) is 9.59 Å². The SMILES string of the molecule is CC(=O)N1CCN(c2cc(C)c(C(=O)O)cn2)CC1. The van der Waals surface area contributed by atoms with Crippen molar-refractivity contribution in [2.45, 2.75) is 13.8 Å². The Labute approximate surface area is 111 Å². The zero-order valence-corrected chi connectivity index (χ0v) is 11.1. The van der Waals surface area contributed by atoms with Crippen molar-refractivity contribution < 1.29 is 14.7 Å². The molecule has 1 N–H and O–H groups in total. The van der Waals surface area contributed by atoms with Crippen LogP contribution >= 0.6 is 0 Å². The third kappa shape index (κ3) is 2.83. The lowest BCUT2D eigenvalue weighted by atomic mass is 10.1. The fourth-order valence-electron chi connectivity index (χ4n) is 2.19. The molecule has 2 rings (SSSR count). The summed E-state index contributed by atoms with van der Waals surface area (Å²) in [5, 5.41) is 8.96. The van der Waals surface area contributed by atoms with Crippen molar-refractivity contribution in [1.29, 1.82) is 0 Å². The Bertz CT molecular complexity index is 508. The van der Waals surface area contributed by atoms with E-state index in [2.05, 4.69) is 9.88 Å². The summed E-state index contributed by atoms with van der Waals surface area (Å²) in [5.74, 6) is -0.103. The van der Waals surface area contributed by atoms with Gasteiger partial charge in [-0.25, -0.2) is 9.78 Å². The molecule has 0 bridgehead atoms. The number of aromatic nitrogens is 1. The number of nitrogens with zero attached hydrogens (tertiary/aromatic N) is 3. The molecule has 1 aliphatic rings. The summed E-state index contributed by atoms with van der Waals surface area (Å²) in [6.07, 6.45) is 1.39. The van der Waals surface area contributed by atoms with E-state index in [4.69, 9.17) is 5.11 Å². The van der Waals surface area contributed by atoms with Crippen LogP contribution in [0.15, 0.2) is 12.3 Å². The van der Waals surface area contributed by atoms with Gasteiger partial charge >= 0.3 is 5.97 Å². The number of carboxylic acids is 1. The first-order valence-corrected chi connectivity index (χ1v) is 6.19. The first kappa shape index (κ1) is 13.3. The molecule has 1 aliphatic heterocycles. The zero-order chi connectivity index (χ0) is 14.0. The van der Waals surface area contributed by atoms with Crippen molar-refractivity contribution in [3.8, 4) is 0 Å². The normalized spacial score (nSPS) is 15.5. The average molecular weight is 263 g/mol. The molecule has 0 radical (unpaired) electrons. The number of hydrogen-bond donors (Lipinski definition) is 1. The van der Waals surface area contributed by atoms with Gasteiger partial charge < -0.3 is 14.9 Å². The number of aromatic carboxylic acids is 1. The van der Waals surface area contributed by atoms with Crippen molar-refractivity contribution >= 4 is 17.7 Å². The van der Waals surface area contributed by atoms with Crippen LogP contribution in [0.5, 0.6) is 0 Å². The fraction of sp³-hybridized carbons (Fsp3) is 0.462. The largest absolute Gasteiger partial charge is 0.478 e. The third-order valence-corrected chi connectivity index (χ3v) is 3.38. The van der Waals surface area contributed by atoms with E-state index in [1.54, 1.807) is 24.8 Å². The molecule has 1 fully saturated rings. The summed E-state index contributed by atoms with van der Waals surface area (Å²) in [6.45, 7) is 6.13. The molecule has 102 valence electrons. The van der Waals surface area contributed by atoms with Gasteiger partial charge in [-0.3, -0.25) is 4.79 Å². The Morgan fingerprint density at radius 1 is 1.26 bits per heavy atom. The Kier molecular flexibility index (Phi) is 3.69. The van der Waals surface area contributed by atoms with Crippen LogP contribution in [0.1, 0.15) is 22.8 Å². The summed E-state index contributed by atoms with van der Waals surface area (Å²) in [5.41, 5.74) is 0.928. The number of carbonyl (C=O) groups excluding carboxylic acids is 1. The van der Waals surface area contributed by atoms with Crippen LogP contribution in [0.25, 0.3) is 0 Å². The number of carboxylic acid groups (broad SMARTS) is 1. The van der Waals surface area contributed by atoms with Crippen LogP contribution in [-0.4, -0.2) is 53.0 Å². The number of pyridine rings is 1. The van der Waals surface area contributed by atoms with Crippen molar-refractivity contribution in [3.63, 3.8) is 0 Å². The first-order valence-electron chi connectivity index (χ1n) is 6.19. The van der Waals surface area contributed by atoms with Crippen LogP contribution in [-0.2, 0) is 4.79 Å². The highest BCUT2D eigenvalue weighted by molar-refractivity contribution is 5.89. The minimum Gasteiger partial charge on any atom is -0.478 e. The van der Waals surface area contributed by atoms with Crippen LogP contribution in [0.4, 0.5) is 5.82 Å². The number of anilines is 1. The van der Waals surface area contributed by atoms with Crippen LogP contribution < -0.4 is 4.90 Å². The maximum absolute atomic E-state index is 11.2. The van der Waals surface area contributed by atoms with Gasteiger partial charge in [-0.1, -0.05) is 0 Å². The van der Waals surface area contributed by atoms with Gasteiger partial charge in [-0.2, -0.15) is 0 Å². The van der Waals surface area contributed by atoms with Gasteiger partial charge in [0.05, 0.1) is 5.56 Å². The molecule has 0 aliphatic carbocycles. The summed E-state index contributed by atoms with van der Waals surface area (Å²) < 4.78 is 0. The average Bonchev–Trinajstić information content (AvgIpc) is 2.38. The molecule has 2 heterocycles. The zero-order valence-electron chi connectivity index (χ0n) is 11.1. The molecule has 1 saturated heterocycles. The molecule has 1 amide bonds. The first-order chi connectivity index (χ1) is 8.99. The third-order valence-electron chi connectivity index (χ3n) is 3.38. The monoisotopic (exact) mass is 263 g/mol. The van der Waals surface area contributed by atoms with Crippen molar-refractivity contribution in [2.75, 3.05) is 31.1 Å². The Balaban J connectivity index is 2.10. The fourth-order valence-corrected chi connectivity index (χ4v) is 2.19. The van der Waals surface area contributed by atoms with Crippen molar-refractivity contribution in [3.05, 3.63) is 23.4 Å². The van der Waals surface area contributed by atoms with Crippen LogP contribution in [0, 0.1) is 6.92 Å². The standard InChI is InChI=1S/C13H17N3O3/c1-9-7-12(14-8-11(9)13(18)19)16-5-3-15(4-6-16)10(2)17/h7-8H,3-6H2,1-2H3,(H,18,19). The van der Waals surface area contributed by atoms with Crippen LogP contribution in [0.2, 0.25) is 0 Å². The number of rotatable bonds is 2. The minimum atomic E-state index is -0.960. The van der Waals surface area contributed by atoms with Gasteiger partial charge in [0.1, 0.15) is 5.82 Å². The van der Waals surface area contributed by atoms with Gasteiger partial charge in [-0.15, -0.1) is 0 Å². The molecule has 19 heavy (non-hydrogen) atoms. The number of aryl methyl sites for hydroxylation is 1. The molecular weight excluding hydrogens is 246 g/mol. The lowest BCUT2D eigenvalue weighted by molar-refractivity contribution is -0.129. The second kappa shape index (κ2) is 5.26. The lowest BCUT2D eigenvalue weighted by Gasteiger charge is -2.35. The predicted octanol–water partition coefficient (Wildman–Crippen LogP) is 0.757. The summed E-state index contributed by atoms with van der Waals surface area (Å²) in [6, 6.07) is 1.78. The van der Waals surface area contributed by atoms with E-state index in [0.29, 0.717) is 18.7 Å². The predicted molar refractivity (Wildman–Crippen MR) is 70.4 cm³/mol. The molecule has 0 atom stereocenters. The van der Waals surface area contributed by atoms with Crippen molar-refractivity contribution in [2.24, 2.45) is 0 Å². The maximum Gasteiger partial charge on any atom is 0.337 e. The smallest absolute Gasteiger partial charge is 0.337 e. The molecule has 0 spiro atoms. The van der Waals surface area contributed by atoms with E-state index in [1.165, 1.54) is 6.20 Å². The van der Waals surface area contributed by atoms with Gasteiger partial charge in [0.25, 0.3) is 0 Å². The quantitative estimate of drug-likeness (QED) is 0.852. The van der Waals surface area contributed by atoms with Gasteiger partial charge in [0.15, 0.2) is 0 Å². The van der Waals surface area contributed by atoms with E-state index < -0.39 is 5.97 Å². The topological polar surface area (TPSA) is 73.7 Å². The highest BCUT2D eigenvalue weighted by atomic mass is 16.4. The summed E-state index contributed by atoms with van der Waals surface area (Å²) >= 11 is 0. The summed E-state index contributed by atoms with van der Waals surface area (Å²) in [4.78, 5) is 30.2. The molecule has 0 saturated carbocycles. The molecule has 6 nitrogen and oxygen atoms in total. The number of hydrogen-bond acceptors (Lipinski definition) is 4. The number of carbonyl (C=O) groups is 2. The van der Waals surface area contributed by atoms with Crippen molar-refractivity contribution in [1.82, 2.24) is 9.88 Å². The Morgan fingerprint density at radius 2 is 1.89 bits per heavy atom. The lowest BCUT2D eigenvalue weighted by Crippen LogP contribution is -2.48. The number of piperazine rings is 1. The molecule has 6 heteroatoms. The minimum absolute atomic E-state index is 0.0880. The summed E-state index contributed by atoms with van der Waals surface area (Å²) in [7, 11) is 0. The highest BCUT2D eigenvalue weighted by Gasteiger charge is 2.20. The second-order valence-corrected chi connectivity index (χ2v) is 4.66. The van der Waals surface area contributed by atoms with Gasteiger partial charge in [0.2, 0.25) is 5.91 Å². The maximum atomic E-state index is 11.2. The molecule has 0 unspecified atom stereocenters. The van der Waals surface area contributed by atoms with Crippen LogP contribution in [0.3, 0.4) is 0 Å². The van der Waals surface area contributed by atoms with E-state index in [-0.39, 0.29) is 11.5 Å². The molecular formula is C13H17N3O3. The van der Waals surface area contributed by atoms with Gasteiger partial charge in [0, 0.05) is 39.3 Å².